The van der Waals surface area contributed by atoms with Crippen molar-refractivity contribution in [3.05, 3.63) is 51.7 Å². The number of sulfonamides is 1. The van der Waals surface area contributed by atoms with E-state index < -0.39 is 15.9 Å². The van der Waals surface area contributed by atoms with Crippen LogP contribution in [-0.2, 0) is 27.7 Å². The number of carbonyl (C=O) groups excluding carboxylic acids is 2. The van der Waals surface area contributed by atoms with Crippen LogP contribution in [0.15, 0.2) is 41.3 Å². The average molecular weight is 422 g/mol. The van der Waals surface area contributed by atoms with Gasteiger partial charge >= 0.3 is 0 Å². The summed E-state index contributed by atoms with van der Waals surface area (Å²) < 4.78 is 26.5. The maximum atomic E-state index is 12.2. The Morgan fingerprint density at radius 3 is 2.68 bits per heavy atom. The Hall–Kier alpha value is -2.23. The number of rotatable bonds is 6. The fourth-order valence-electron chi connectivity index (χ4n) is 3.05. The van der Waals surface area contributed by atoms with Crippen molar-refractivity contribution in [1.29, 1.82) is 0 Å². The SMILES string of the molecule is CC1CCc2sc(C(=O)NNC(=O)CCNS(=O)(=O)c3ccccc3)cc2C1. The van der Waals surface area contributed by atoms with Crippen molar-refractivity contribution in [2.24, 2.45) is 5.92 Å². The normalized spacial score (nSPS) is 16.2. The van der Waals surface area contributed by atoms with Crippen molar-refractivity contribution < 1.29 is 18.0 Å². The molecule has 1 aromatic carbocycles. The first kappa shape index (κ1) is 20.5. The molecule has 0 saturated carbocycles. The molecule has 2 aromatic rings. The molecule has 1 aliphatic rings. The highest BCUT2D eigenvalue weighted by molar-refractivity contribution is 7.89. The second-order valence-corrected chi connectivity index (χ2v) is 9.77. The number of aryl methyl sites for hydroxylation is 1. The van der Waals surface area contributed by atoms with Crippen LogP contribution in [-0.4, -0.2) is 26.8 Å². The van der Waals surface area contributed by atoms with Crippen molar-refractivity contribution in [2.75, 3.05) is 6.54 Å². The standard InChI is InChI=1S/C19H23N3O4S2/c1-13-7-8-16-14(11-13)12-17(27-16)19(24)22-21-18(23)9-10-20-28(25,26)15-5-3-2-4-6-15/h2-6,12-13,20H,7-11H2,1H3,(H,21,23)(H,22,24). The van der Waals surface area contributed by atoms with E-state index in [2.05, 4.69) is 22.5 Å². The zero-order chi connectivity index (χ0) is 20.1. The molecule has 1 atom stereocenters. The third kappa shape index (κ3) is 5.18. The van der Waals surface area contributed by atoms with Gasteiger partial charge in [-0.15, -0.1) is 11.3 Å². The highest BCUT2D eigenvalue weighted by Crippen LogP contribution is 2.32. The molecule has 0 spiro atoms. The van der Waals surface area contributed by atoms with Crippen LogP contribution in [0.5, 0.6) is 0 Å². The molecule has 9 heteroatoms. The van der Waals surface area contributed by atoms with E-state index in [1.807, 2.05) is 6.07 Å². The van der Waals surface area contributed by atoms with E-state index in [9.17, 15) is 18.0 Å². The monoisotopic (exact) mass is 421 g/mol. The summed E-state index contributed by atoms with van der Waals surface area (Å²) >= 11 is 1.46. The Morgan fingerprint density at radius 1 is 1.18 bits per heavy atom. The molecule has 1 aromatic heterocycles. The molecule has 0 radical (unpaired) electrons. The van der Waals surface area contributed by atoms with E-state index >= 15 is 0 Å². The maximum Gasteiger partial charge on any atom is 0.279 e. The minimum absolute atomic E-state index is 0.0654. The summed E-state index contributed by atoms with van der Waals surface area (Å²) in [6, 6.07) is 9.82. The highest BCUT2D eigenvalue weighted by atomic mass is 32.2. The molecule has 0 aliphatic heterocycles. The lowest BCUT2D eigenvalue weighted by atomic mass is 9.90. The van der Waals surface area contributed by atoms with E-state index in [4.69, 9.17) is 0 Å². The number of hydrogen-bond acceptors (Lipinski definition) is 5. The van der Waals surface area contributed by atoms with E-state index in [0.717, 1.165) is 19.3 Å². The molecule has 0 fully saturated rings. The summed E-state index contributed by atoms with van der Waals surface area (Å²) in [6.07, 6.45) is 3.00. The van der Waals surface area contributed by atoms with Gasteiger partial charge in [-0.2, -0.15) is 0 Å². The lowest BCUT2D eigenvalue weighted by Gasteiger charge is -2.16. The van der Waals surface area contributed by atoms with Crippen LogP contribution in [0.3, 0.4) is 0 Å². The molecule has 3 rings (SSSR count). The van der Waals surface area contributed by atoms with Gasteiger partial charge in [-0.3, -0.25) is 20.4 Å². The molecular weight excluding hydrogens is 398 g/mol. The molecule has 1 heterocycles. The predicted octanol–water partition coefficient (Wildman–Crippen LogP) is 2.00. The zero-order valence-corrected chi connectivity index (χ0v) is 17.2. The van der Waals surface area contributed by atoms with Crippen LogP contribution < -0.4 is 15.6 Å². The fraction of sp³-hybridized carbons (Fsp3) is 0.368. The van der Waals surface area contributed by atoms with Gasteiger partial charge in [-0.1, -0.05) is 25.1 Å². The van der Waals surface area contributed by atoms with Gasteiger partial charge < -0.3 is 0 Å². The van der Waals surface area contributed by atoms with Crippen molar-refractivity contribution in [1.82, 2.24) is 15.6 Å². The third-order valence-electron chi connectivity index (χ3n) is 4.57. The van der Waals surface area contributed by atoms with Gasteiger partial charge in [0, 0.05) is 17.8 Å². The molecule has 28 heavy (non-hydrogen) atoms. The van der Waals surface area contributed by atoms with Crippen LogP contribution in [0.4, 0.5) is 0 Å². The summed E-state index contributed by atoms with van der Waals surface area (Å²) in [5.41, 5.74) is 5.94. The molecule has 7 nitrogen and oxygen atoms in total. The first-order valence-electron chi connectivity index (χ1n) is 9.10. The first-order valence-corrected chi connectivity index (χ1v) is 11.4. The summed E-state index contributed by atoms with van der Waals surface area (Å²) in [5.74, 6) is -0.207. The molecule has 3 N–H and O–H groups in total. The van der Waals surface area contributed by atoms with Gasteiger partial charge in [0.25, 0.3) is 5.91 Å². The van der Waals surface area contributed by atoms with Gasteiger partial charge in [0.05, 0.1) is 9.77 Å². The van der Waals surface area contributed by atoms with Gasteiger partial charge in [0.2, 0.25) is 15.9 Å². The number of hydrazine groups is 1. The van der Waals surface area contributed by atoms with Crippen molar-refractivity contribution in [2.45, 2.75) is 37.5 Å². The Balaban J connectivity index is 1.44. The van der Waals surface area contributed by atoms with Gasteiger partial charge in [-0.25, -0.2) is 13.1 Å². The Morgan fingerprint density at radius 2 is 1.93 bits per heavy atom. The predicted molar refractivity (Wildman–Crippen MR) is 107 cm³/mol. The Bertz CT molecular complexity index is 955. The molecule has 1 unspecified atom stereocenters. The third-order valence-corrected chi connectivity index (χ3v) is 7.28. The number of fused-ring (bicyclic) bond motifs is 1. The van der Waals surface area contributed by atoms with Crippen LogP contribution in [0.25, 0.3) is 0 Å². The first-order chi connectivity index (χ1) is 13.3. The minimum Gasteiger partial charge on any atom is -0.273 e. The lowest BCUT2D eigenvalue weighted by Crippen LogP contribution is -2.42. The fourth-order valence-corrected chi connectivity index (χ4v) is 5.21. The number of carbonyl (C=O) groups is 2. The van der Waals surface area contributed by atoms with Crippen LogP contribution >= 0.6 is 11.3 Å². The van der Waals surface area contributed by atoms with Crippen molar-refractivity contribution in [3.8, 4) is 0 Å². The number of hydrogen-bond donors (Lipinski definition) is 3. The van der Waals surface area contributed by atoms with Gasteiger partial charge in [0.15, 0.2) is 0 Å². The summed E-state index contributed by atoms with van der Waals surface area (Å²) in [7, 11) is -3.65. The molecule has 0 bridgehead atoms. The van der Waals surface area contributed by atoms with E-state index in [1.165, 1.54) is 33.9 Å². The molecule has 2 amide bonds. The van der Waals surface area contributed by atoms with E-state index in [1.54, 1.807) is 18.2 Å². The smallest absolute Gasteiger partial charge is 0.273 e. The van der Waals surface area contributed by atoms with Crippen molar-refractivity contribution >= 4 is 33.2 Å². The second kappa shape index (κ2) is 8.85. The highest BCUT2D eigenvalue weighted by Gasteiger charge is 2.21. The molecule has 150 valence electrons. The summed E-state index contributed by atoms with van der Waals surface area (Å²) in [6.45, 7) is 2.14. The van der Waals surface area contributed by atoms with E-state index in [0.29, 0.717) is 10.8 Å². The number of thiophene rings is 1. The van der Waals surface area contributed by atoms with Gasteiger partial charge in [-0.05, 0) is 48.9 Å². The van der Waals surface area contributed by atoms with Gasteiger partial charge in [0.1, 0.15) is 0 Å². The summed E-state index contributed by atoms with van der Waals surface area (Å²) in [4.78, 5) is 26.1. The number of amides is 2. The van der Waals surface area contributed by atoms with Crippen LogP contribution in [0.2, 0.25) is 0 Å². The second-order valence-electron chi connectivity index (χ2n) is 6.87. The zero-order valence-electron chi connectivity index (χ0n) is 15.5. The quantitative estimate of drug-likeness (QED) is 0.621. The molecule has 1 aliphatic carbocycles. The lowest BCUT2D eigenvalue weighted by molar-refractivity contribution is -0.121. The van der Waals surface area contributed by atoms with Crippen LogP contribution in [0, 0.1) is 5.92 Å². The molecular formula is C19H23N3O4S2. The Labute approximate surface area is 168 Å². The van der Waals surface area contributed by atoms with Crippen molar-refractivity contribution in [3.63, 3.8) is 0 Å². The largest absolute Gasteiger partial charge is 0.279 e. The summed E-state index contributed by atoms with van der Waals surface area (Å²) in [5, 5.41) is 0. The minimum atomic E-state index is -3.65. The maximum absolute atomic E-state index is 12.2. The number of nitrogens with one attached hydrogen (secondary N) is 3. The Kier molecular flexibility index (Phi) is 6.48. The van der Waals surface area contributed by atoms with Crippen LogP contribution in [0.1, 0.15) is 39.9 Å². The topological polar surface area (TPSA) is 104 Å². The van der Waals surface area contributed by atoms with E-state index in [-0.39, 0.29) is 23.8 Å². The molecule has 0 saturated heterocycles. The average Bonchev–Trinajstić information content (AvgIpc) is 3.10. The number of benzene rings is 1.